The largest absolute Gasteiger partial charge is 0.467 e. The van der Waals surface area contributed by atoms with Crippen LogP contribution in [0.3, 0.4) is 0 Å². The smallest absolute Gasteiger partial charge is 0.250 e. The van der Waals surface area contributed by atoms with Crippen molar-refractivity contribution in [3.05, 3.63) is 83.9 Å². The minimum Gasteiger partial charge on any atom is -0.467 e. The van der Waals surface area contributed by atoms with Crippen molar-refractivity contribution in [1.29, 1.82) is 0 Å². The van der Waals surface area contributed by atoms with E-state index in [4.69, 9.17) is 9.15 Å². The van der Waals surface area contributed by atoms with Gasteiger partial charge in [0, 0.05) is 47.5 Å². The third-order valence-electron chi connectivity index (χ3n) is 10.7. The van der Waals surface area contributed by atoms with Crippen molar-refractivity contribution in [2.75, 3.05) is 48.0 Å². The van der Waals surface area contributed by atoms with Crippen molar-refractivity contribution in [2.45, 2.75) is 58.0 Å². The number of para-hydroxylation sites is 1. The summed E-state index contributed by atoms with van der Waals surface area (Å²) in [4.78, 5) is 36.8. The first-order valence-electron chi connectivity index (χ1n) is 16.5. The zero-order valence-corrected chi connectivity index (χ0v) is 27.8. The minimum atomic E-state index is -0.969. The summed E-state index contributed by atoms with van der Waals surface area (Å²) in [5.74, 6) is 2.64. The second-order valence-corrected chi connectivity index (χ2v) is 14.8. The molecule has 46 heavy (non-hydrogen) atoms. The highest BCUT2D eigenvalue weighted by Gasteiger charge is 2.60. The molecule has 2 unspecified atom stereocenters. The molecule has 0 bridgehead atoms. The third-order valence-corrected chi connectivity index (χ3v) is 11.6. The lowest BCUT2D eigenvalue weighted by Gasteiger charge is -2.44. The molecule has 2 amide bonds. The van der Waals surface area contributed by atoms with Crippen LogP contribution in [-0.4, -0.2) is 65.0 Å². The Morgan fingerprint density at radius 1 is 1.02 bits per heavy atom. The number of rotatable bonds is 9. The second kappa shape index (κ2) is 12.5. The maximum atomic E-state index is 14.6. The van der Waals surface area contributed by atoms with E-state index in [0.717, 1.165) is 54.7 Å². The molecule has 9 heteroatoms. The number of benzene rings is 2. The van der Waals surface area contributed by atoms with E-state index in [2.05, 4.69) is 72.4 Å². The van der Waals surface area contributed by atoms with Crippen LogP contribution in [0.4, 0.5) is 11.4 Å². The Morgan fingerprint density at radius 3 is 2.48 bits per heavy atom. The number of amides is 2. The van der Waals surface area contributed by atoms with Crippen molar-refractivity contribution >= 4 is 45.9 Å². The summed E-state index contributed by atoms with van der Waals surface area (Å²) in [5, 5.41) is 4.46. The zero-order valence-electron chi connectivity index (χ0n) is 27.0. The van der Waals surface area contributed by atoms with Gasteiger partial charge < -0.3 is 29.3 Å². The number of aromatic amines is 1. The number of furan rings is 1. The molecule has 1 aliphatic carbocycles. The Bertz CT molecular complexity index is 1680. The van der Waals surface area contributed by atoms with Gasteiger partial charge in [0.25, 0.3) is 0 Å². The number of aryl methyl sites for hydroxylation is 1. The first-order valence-corrected chi connectivity index (χ1v) is 17.7. The van der Waals surface area contributed by atoms with E-state index in [1.807, 2.05) is 40.9 Å². The molecule has 2 atom stereocenters. The van der Waals surface area contributed by atoms with E-state index in [9.17, 15) is 9.59 Å². The molecule has 0 radical (unpaired) electrons. The van der Waals surface area contributed by atoms with Gasteiger partial charge in [-0.25, -0.2) is 0 Å². The van der Waals surface area contributed by atoms with Crippen molar-refractivity contribution in [1.82, 2.24) is 9.88 Å². The van der Waals surface area contributed by atoms with E-state index in [-0.39, 0.29) is 35.6 Å². The normalized spacial score (nSPS) is 22.0. The van der Waals surface area contributed by atoms with Gasteiger partial charge in [0.15, 0.2) is 0 Å². The van der Waals surface area contributed by atoms with Crippen molar-refractivity contribution in [3.8, 4) is 0 Å². The number of hydrogen-bond donors (Lipinski definition) is 2. The van der Waals surface area contributed by atoms with Crippen LogP contribution in [0.15, 0.2) is 71.3 Å². The van der Waals surface area contributed by atoms with Crippen LogP contribution in [0.5, 0.6) is 0 Å². The molecule has 2 saturated heterocycles. The number of thioether (sulfide) groups is 1. The zero-order chi connectivity index (χ0) is 31.9. The number of anilines is 2. The molecule has 3 aliphatic rings. The van der Waals surface area contributed by atoms with Crippen LogP contribution >= 0.6 is 11.8 Å². The van der Waals surface area contributed by atoms with Gasteiger partial charge in [-0.05, 0) is 96.5 Å². The Morgan fingerprint density at radius 2 is 1.76 bits per heavy atom. The summed E-state index contributed by atoms with van der Waals surface area (Å²) < 4.78 is 11.3. The standard InChI is InChI=1S/C37H44N4O4S/c1-25-33(29-8-4-5-9-31(29)38-25)34-30(36(34,2)3)23-32(42)41(24-28-7-6-18-45-28)37(14-21-46-22-15-37)35(43)39-26-10-12-27(13-11-26)40-16-19-44-20-17-40/h4-13,18,30,34,38H,14-17,19-24H2,1-3H3,(H,39,43). The lowest BCUT2D eigenvalue weighted by atomic mass is 9.87. The highest BCUT2D eigenvalue weighted by atomic mass is 32.2. The molecule has 8 nitrogen and oxygen atoms in total. The summed E-state index contributed by atoms with van der Waals surface area (Å²) >= 11 is 1.84. The number of hydrogen-bond acceptors (Lipinski definition) is 6. The highest BCUT2D eigenvalue weighted by molar-refractivity contribution is 7.99. The number of fused-ring (bicyclic) bond motifs is 1. The Balaban J connectivity index is 1.16. The summed E-state index contributed by atoms with van der Waals surface area (Å²) in [5.41, 5.74) is 4.47. The van der Waals surface area contributed by atoms with Gasteiger partial charge in [-0.3, -0.25) is 9.59 Å². The topological polar surface area (TPSA) is 90.8 Å². The number of nitrogens with zero attached hydrogens (tertiary/aromatic N) is 2. The molecular weight excluding hydrogens is 596 g/mol. The molecule has 1 saturated carbocycles. The van der Waals surface area contributed by atoms with E-state index in [0.29, 0.717) is 25.0 Å². The molecule has 2 N–H and O–H groups in total. The van der Waals surface area contributed by atoms with Gasteiger partial charge in [0.05, 0.1) is 26.0 Å². The van der Waals surface area contributed by atoms with Gasteiger partial charge in [-0.1, -0.05) is 32.0 Å². The summed E-state index contributed by atoms with van der Waals surface area (Å²) in [6, 6.07) is 20.2. The van der Waals surface area contributed by atoms with Crippen molar-refractivity contribution in [3.63, 3.8) is 0 Å². The number of carbonyl (C=O) groups excluding carboxylic acids is 2. The molecule has 4 heterocycles. The average Bonchev–Trinajstić information content (AvgIpc) is 3.43. The van der Waals surface area contributed by atoms with Crippen LogP contribution in [0.2, 0.25) is 0 Å². The summed E-state index contributed by atoms with van der Waals surface area (Å²) in [7, 11) is 0. The molecule has 7 rings (SSSR count). The van der Waals surface area contributed by atoms with E-state index in [1.54, 1.807) is 6.26 Å². The molecule has 4 aromatic rings. The number of H-pyrrole nitrogens is 1. The van der Waals surface area contributed by atoms with Crippen molar-refractivity contribution in [2.24, 2.45) is 11.3 Å². The van der Waals surface area contributed by atoms with Crippen LogP contribution < -0.4 is 10.2 Å². The predicted octanol–water partition coefficient (Wildman–Crippen LogP) is 6.97. The van der Waals surface area contributed by atoms with Gasteiger partial charge in [0.1, 0.15) is 11.3 Å². The Hall–Kier alpha value is -3.69. The van der Waals surface area contributed by atoms with Crippen LogP contribution in [0, 0.1) is 18.3 Å². The molecule has 242 valence electrons. The lowest BCUT2D eigenvalue weighted by molar-refractivity contribution is -0.148. The maximum absolute atomic E-state index is 14.6. The predicted molar refractivity (Wildman–Crippen MR) is 184 cm³/mol. The van der Waals surface area contributed by atoms with E-state index < -0.39 is 5.54 Å². The van der Waals surface area contributed by atoms with Gasteiger partial charge in [0.2, 0.25) is 11.8 Å². The number of aromatic nitrogens is 1. The molecule has 2 aromatic heterocycles. The Kier molecular flexibility index (Phi) is 8.40. The number of ether oxygens (including phenoxy) is 1. The highest BCUT2D eigenvalue weighted by Crippen LogP contribution is 2.67. The first-order chi connectivity index (χ1) is 22.3. The fourth-order valence-electron chi connectivity index (χ4n) is 7.89. The van der Waals surface area contributed by atoms with Crippen LogP contribution in [-0.2, 0) is 20.9 Å². The fourth-order valence-corrected chi connectivity index (χ4v) is 9.05. The van der Waals surface area contributed by atoms with Gasteiger partial charge in [-0.2, -0.15) is 11.8 Å². The van der Waals surface area contributed by atoms with Crippen LogP contribution in [0.1, 0.15) is 56.0 Å². The monoisotopic (exact) mass is 640 g/mol. The summed E-state index contributed by atoms with van der Waals surface area (Å²) in [6.45, 7) is 10.1. The number of nitrogens with one attached hydrogen (secondary N) is 2. The van der Waals surface area contributed by atoms with Gasteiger partial charge in [-0.15, -0.1) is 0 Å². The quantitative estimate of drug-likeness (QED) is 0.205. The minimum absolute atomic E-state index is 0.0131. The van der Waals surface area contributed by atoms with Gasteiger partial charge >= 0.3 is 0 Å². The number of carbonyl (C=O) groups is 2. The molecule has 0 spiro atoms. The lowest BCUT2D eigenvalue weighted by Crippen LogP contribution is -2.60. The molecule has 2 aliphatic heterocycles. The molecular formula is C37H44N4O4S. The molecule has 3 fully saturated rings. The maximum Gasteiger partial charge on any atom is 0.250 e. The third kappa shape index (κ3) is 5.72. The van der Waals surface area contributed by atoms with Crippen molar-refractivity contribution < 1.29 is 18.7 Å². The average molecular weight is 641 g/mol. The molecule has 2 aromatic carbocycles. The SMILES string of the molecule is Cc1[nH]c2ccccc2c1C1C(CC(=O)N(Cc2ccco2)C2(C(=O)Nc3ccc(N4CCOCC4)cc3)CCSCC2)C1(C)C. The summed E-state index contributed by atoms with van der Waals surface area (Å²) in [6.07, 6.45) is 3.22. The van der Waals surface area contributed by atoms with Crippen LogP contribution in [0.25, 0.3) is 10.9 Å². The number of morpholine rings is 1. The second-order valence-electron chi connectivity index (χ2n) is 13.6. The first kappa shape index (κ1) is 30.9. The van der Waals surface area contributed by atoms with E-state index in [1.165, 1.54) is 16.6 Å². The fraction of sp³-hybridized carbons (Fsp3) is 0.459. The van der Waals surface area contributed by atoms with E-state index >= 15 is 0 Å². The Labute approximate surface area is 275 Å².